The van der Waals surface area contributed by atoms with Crippen molar-refractivity contribution in [3.63, 3.8) is 0 Å². The second-order valence-corrected chi connectivity index (χ2v) is 9.37. The summed E-state index contributed by atoms with van der Waals surface area (Å²) in [6.07, 6.45) is 2.30. The summed E-state index contributed by atoms with van der Waals surface area (Å²) in [5.74, 6) is 0. The first-order chi connectivity index (χ1) is 7.16. The SMILES string of the molecule is CC(C)(C)Cc1cccc(CC(C)(C)I)c1. The van der Waals surface area contributed by atoms with Gasteiger partial charge in [0, 0.05) is 3.42 Å². The van der Waals surface area contributed by atoms with Crippen molar-refractivity contribution in [2.24, 2.45) is 5.41 Å². The molecule has 90 valence electrons. The number of hydrogen-bond donors (Lipinski definition) is 0. The Morgan fingerprint density at radius 3 is 1.88 bits per heavy atom. The van der Waals surface area contributed by atoms with Crippen LogP contribution in [0.5, 0.6) is 0 Å². The van der Waals surface area contributed by atoms with E-state index < -0.39 is 0 Å². The van der Waals surface area contributed by atoms with Gasteiger partial charge in [-0.15, -0.1) is 0 Å². The number of rotatable bonds is 3. The number of benzene rings is 1. The maximum absolute atomic E-state index is 2.52. The molecule has 0 heterocycles. The standard InChI is InChI=1S/C15H23I/c1-14(2,3)10-12-7-6-8-13(9-12)11-15(4,5)16/h6-9H,10-11H2,1-5H3. The van der Waals surface area contributed by atoms with Gasteiger partial charge in [-0.3, -0.25) is 0 Å². The van der Waals surface area contributed by atoms with Crippen molar-refractivity contribution in [3.8, 4) is 0 Å². The van der Waals surface area contributed by atoms with Crippen LogP contribution >= 0.6 is 22.6 Å². The third kappa shape index (κ3) is 5.88. The van der Waals surface area contributed by atoms with Crippen LogP contribution in [0.3, 0.4) is 0 Å². The molecular weight excluding hydrogens is 307 g/mol. The summed E-state index contributed by atoms with van der Waals surface area (Å²) in [6.45, 7) is 11.4. The van der Waals surface area contributed by atoms with Crippen molar-refractivity contribution in [1.82, 2.24) is 0 Å². The molecule has 0 amide bonds. The fourth-order valence-corrected chi connectivity index (χ4v) is 2.39. The molecule has 0 saturated carbocycles. The van der Waals surface area contributed by atoms with E-state index in [0.717, 1.165) is 12.8 Å². The molecule has 0 radical (unpaired) electrons. The van der Waals surface area contributed by atoms with Gasteiger partial charge in [0.1, 0.15) is 0 Å². The van der Waals surface area contributed by atoms with Crippen LogP contribution in [0.1, 0.15) is 45.7 Å². The quantitative estimate of drug-likeness (QED) is 0.538. The van der Waals surface area contributed by atoms with Gasteiger partial charge in [-0.05, 0) is 29.4 Å². The highest BCUT2D eigenvalue weighted by atomic mass is 127. The maximum Gasteiger partial charge on any atom is 0.0206 e. The van der Waals surface area contributed by atoms with Gasteiger partial charge < -0.3 is 0 Å². The average molecular weight is 330 g/mol. The molecule has 0 fully saturated rings. The van der Waals surface area contributed by atoms with E-state index in [4.69, 9.17) is 0 Å². The smallest absolute Gasteiger partial charge is 0.0206 e. The predicted octanol–water partition coefficient (Wildman–Crippen LogP) is 5.03. The minimum Gasteiger partial charge on any atom is -0.0791 e. The number of halogens is 1. The zero-order valence-electron chi connectivity index (χ0n) is 11.1. The third-order valence-electron chi connectivity index (χ3n) is 2.35. The van der Waals surface area contributed by atoms with E-state index >= 15 is 0 Å². The molecule has 0 aromatic heterocycles. The monoisotopic (exact) mass is 330 g/mol. The van der Waals surface area contributed by atoms with Gasteiger partial charge >= 0.3 is 0 Å². The Bertz CT molecular complexity index is 308. The molecule has 0 aliphatic heterocycles. The first kappa shape index (κ1) is 14.0. The highest BCUT2D eigenvalue weighted by molar-refractivity contribution is 14.1. The van der Waals surface area contributed by atoms with Crippen molar-refractivity contribution >= 4 is 22.6 Å². The average Bonchev–Trinajstić information content (AvgIpc) is 1.96. The molecule has 1 heteroatoms. The Balaban J connectivity index is 2.79. The highest BCUT2D eigenvalue weighted by Crippen LogP contribution is 2.25. The largest absolute Gasteiger partial charge is 0.0791 e. The molecule has 0 spiro atoms. The van der Waals surface area contributed by atoms with Gasteiger partial charge in [0.15, 0.2) is 0 Å². The molecule has 0 aliphatic carbocycles. The molecule has 0 unspecified atom stereocenters. The van der Waals surface area contributed by atoms with Crippen molar-refractivity contribution in [2.75, 3.05) is 0 Å². The molecular formula is C15H23I. The Hall–Kier alpha value is -0.0500. The zero-order chi connectivity index (χ0) is 12.4. The van der Waals surface area contributed by atoms with Crippen molar-refractivity contribution < 1.29 is 0 Å². The molecule has 1 aromatic carbocycles. The van der Waals surface area contributed by atoms with Gasteiger partial charge in [-0.25, -0.2) is 0 Å². The third-order valence-corrected chi connectivity index (χ3v) is 2.73. The number of hydrogen-bond acceptors (Lipinski definition) is 0. The summed E-state index contributed by atoms with van der Waals surface area (Å²) in [6, 6.07) is 9.05. The molecule has 0 nitrogen and oxygen atoms in total. The molecule has 0 N–H and O–H groups in total. The molecule has 1 rings (SSSR count). The lowest BCUT2D eigenvalue weighted by atomic mass is 9.87. The second kappa shape index (κ2) is 5.07. The first-order valence-corrected chi connectivity index (χ1v) is 7.00. The van der Waals surface area contributed by atoms with Crippen molar-refractivity contribution in [2.45, 2.75) is 50.9 Å². The van der Waals surface area contributed by atoms with Gasteiger partial charge in [0.05, 0.1) is 0 Å². The fraction of sp³-hybridized carbons (Fsp3) is 0.600. The van der Waals surface area contributed by atoms with E-state index in [9.17, 15) is 0 Å². The maximum atomic E-state index is 2.52. The van der Waals surface area contributed by atoms with E-state index in [1.54, 1.807) is 0 Å². The van der Waals surface area contributed by atoms with Crippen LogP contribution in [0, 0.1) is 5.41 Å². The number of alkyl halides is 1. The van der Waals surface area contributed by atoms with Crippen LogP contribution in [0.25, 0.3) is 0 Å². The van der Waals surface area contributed by atoms with Crippen LogP contribution in [0.2, 0.25) is 0 Å². The molecule has 1 aromatic rings. The predicted molar refractivity (Wildman–Crippen MR) is 81.4 cm³/mol. The Labute approximate surface area is 114 Å². The van der Waals surface area contributed by atoms with Crippen LogP contribution in [0.4, 0.5) is 0 Å². The van der Waals surface area contributed by atoms with Crippen LogP contribution < -0.4 is 0 Å². The molecule has 0 aliphatic rings. The summed E-state index contributed by atoms with van der Waals surface area (Å²) < 4.78 is 0.345. The van der Waals surface area contributed by atoms with Gasteiger partial charge in [0.25, 0.3) is 0 Å². The normalized spacial score (nSPS) is 12.9. The molecule has 0 atom stereocenters. The molecule has 16 heavy (non-hydrogen) atoms. The Morgan fingerprint density at radius 2 is 1.44 bits per heavy atom. The summed E-state index contributed by atoms with van der Waals surface area (Å²) in [7, 11) is 0. The minimum absolute atomic E-state index is 0.345. The van der Waals surface area contributed by atoms with Crippen molar-refractivity contribution in [3.05, 3.63) is 35.4 Å². The summed E-state index contributed by atoms with van der Waals surface area (Å²) >= 11 is 2.52. The summed E-state index contributed by atoms with van der Waals surface area (Å²) in [5, 5.41) is 0. The van der Waals surface area contributed by atoms with Gasteiger partial charge in [-0.1, -0.05) is 81.5 Å². The minimum atomic E-state index is 0.345. The lowest BCUT2D eigenvalue weighted by Gasteiger charge is -2.20. The lowest BCUT2D eigenvalue weighted by molar-refractivity contribution is 0.411. The second-order valence-electron chi connectivity index (χ2n) is 6.45. The molecule has 0 saturated heterocycles. The van der Waals surface area contributed by atoms with E-state index in [0.29, 0.717) is 8.84 Å². The highest BCUT2D eigenvalue weighted by Gasteiger charge is 2.15. The first-order valence-electron chi connectivity index (χ1n) is 5.92. The lowest BCUT2D eigenvalue weighted by Crippen LogP contribution is -2.14. The Kier molecular flexibility index (Phi) is 4.44. The molecule has 0 bridgehead atoms. The van der Waals surface area contributed by atoms with Gasteiger partial charge in [0.2, 0.25) is 0 Å². The zero-order valence-corrected chi connectivity index (χ0v) is 13.3. The van der Waals surface area contributed by atoms with E-state index in [1.165, 1.54) is 11.1 Å². The topological polar surface area (TPSA) is 0 Å². The summed E-state index contributed by atoms with van der Waals surface area (Å²) in [4.78, 5) is 0. The summed E-state index contributed by atoms with van der Waals surface area (Å²) in [5.41, 5.74) is 3.30. The van der Waals surface area contributed by atoms with E-state index in [1.807, 2.05) is 0 Å². The van der Waals surface area contributed by atoms with E-state index in [2.05, 4.69) is 81.5 Å². The van der Waals surface area contributed by atoms with Gasteiger partial charge in [-0.2, -0.15) is 0 Å². The fourth-order valence-electron chi connectivity index (χ4n) is 1.95. The van der Waals surface area contributed by atoms with Crippen LogP contribution in [0.15, 0.2) is 24.3 Å². The van der Waals surface area contributed by atoms with Crippen LogP contribution in [-0.2, 0) is 12.8 Å². The van der Waals surface area contributed by atoms with E-state index in [-0.39, 0.29) is 0 Å². The Morgan fingerprint density at radius 1 is 0.938 bits per heavy atom. The van der Waals surface area contributed by atoms with Crippen molar-refractivity contribution in [1.29, 1.82) is 0 Å². The van der Waals surface area contributed by atoms with Crippen LogP contribution in [-0.4, -0.2) is 3.42 Å².